The Morgan fingerprint density at radius 1 is 0.829 bits per heavy atom. The highest BCUT2D eigenvalue weighted by molar-refractivity contribution is 6.31. The quantitative estimate of drug-likeness (QED) is 0.284. The second-order valence-corrected chi connectivity index (χ2v) is 8.95. The van der Waals surface area contributed by atoms with Crippen molar-refractivity contribution >= 4 is 29.5 Å². The van der Waals surface area contributed by atoms with E-state index in [1.807, 2.05) is 0 Å². The Kier molecular flexibility index (Phi) is 7.86. The van der Waals surface area contributed by atoms with Gasteiger partial charge in [0.25, 0.3) is 0 Å². The molecule has 2 aromatic heterocycles. The van der Waals surface area contributed by atoms with E-state index in [-0.39, 0.29) is 11.7 Å². The first-order chi connectivity index (χ1) is 16.9. The Labute approximate surface area is 211 Å². The highest BCUT2D eigenvalue weighted by Crippen LogP contribution is 2.43. The Bertz CT molecular complexity index is 1360. The summed E-state index contributed by atoms with van der Waals surface area (Å²) in [6.45, 7) is 0. The zero-order chi connectivity index (χ0) is 24.9. The van der Waals surface area contributed by atoms with Crippen LogP contribution in [0.15, 0.2) is 73.3 Å². The van der Waals surface area contributed by atoms with Crippen LogP contribution in [-0.2, 0) is 0 Å². The van der Waals surface area contributed by atoms with Crippen LogP contribution in [0, 0.1) is 17.6 Å². The topological polar surface area (TPSA) is 63.1 Å². The Balaban J connectivity index is 0.000000168. The first-order valence-corrected chi connectivity index (χ1v) is 11.6. The van der Waals surface area contributed by atoms with Crippen LogP contribution in [0.25, 0.3) is 22.3 Å². The van der Waals surface area contributed by atoms with E-state index in [2.05, 4.69) is 9.97 Å². The smallest absolute Gasteiger partial charge is 0.152 e. The summed E-state index contributed by atoms with van der Waals surface area (Å²) in [5.74, 6) is -0.567. The van der Waals surface area contributed by atoms with Crippen LogP contribution in [0.4, 0.5) is 8.78 Å². The Hall–Kier alpha value is -3.19. The van der Waals surface area contributed by atoms with E-state index in [1.54, 1.807) is 48.8 Å². The van der Waals surface area contributed by atoms with Crippen molar-refractivity contribution in [3.63, 3.8) is 0 Å². The molecule has 8 heteroatoms. The lowest BCUT2D eigenvalue weighted by atomic mass is 9.96. The van der Waals surface area contributed by atoms with Gasteiger partial charge < -0.3 is 5.11 Å². The number of aliphatic hydroxyl groups excluding tert-OH is 1. The van der Waals surface area contributed by atoms with Crippen molar-refractivity contribution in [2.24, 2.45) is 5.92 Å². The minimum atomic E-state index is -0.571. The number of aromatic nitrogens is 2. The number of nitrogens with zero attached hydrogens (tertiary/aromatic N) is 2. The molecule has 4 aromatic rings. The fourth-order valence-corrected chi connectivity index (χ4v) is 4.03. The van der Waals surface area contributed by atoms with Crippen molar-refractivity contribution < 1.29 is 18.7 Å². The molecule has 2 aromatic carbocycles. The van der Waals surface area contributed by atoms with E-state index >= 15 is 0 Å². The molecule has 178 valence electrons. The molecule has 0 saturated heterocycles. The van der Waals surface area contributed by atoms with Crippen LogP contribution < -0.4 is 0 Å². The Morgan fingerprint density at radius 2 is 1.37 bits per heavy atom. The van der Waals surface area contributed by atoms with Crippen LogP contribution in [0.5, 0.6) is 0 Å². The number of hydrogen-bond acceptors (Lipinski definition) is 4. The number of halogens is 4. The summed E-state index contributed by atoms with van der Waals surface area (Å²) in [5.41, 5.74) is 3.02. The second-order valence-electron chi connectivity index (χ2n) is 8.07. The van der Waals surface area contributed by atoms with Gasteiger partial charge in [-0.05, 0) is 78.4 Å². The number of benzene rings is 2. The summed E-state index contributed by atoms with van der Waals surface area (Å²) in [4.78, 5) is 18.6. The zero-order valence-corrected chi connectivity index (χ0v) is 19.8. The van der Waals surface area contributed by atoms with Crippen molar-refractivity contribution in [2.75, 3.05) is 0 Å². The molecule has 0 amide bonds. The lowest BCUT2D eigenvalue weighted by Gasteiger charge is -2.15. The van der Waals surface area contributed by atoms with Gasteiger partial charge >= 0.3 is 0 Å². The molecule has 0 spiro atoms. The minimum Gasteiger partial charge on any atom is -0.388 e. The first-order valence-electron chi connectivity index (χ1n) is 10.8. The molecule has 4 nitrogen and oxygen atoms in total. The number of pyridine rings is 2. The molecule has 1 atom stereocenters. The summed E-state index contributed by atoms with van der Waals surface area (Å²) in [5, 5.41) is 10.9. The maximum absolute atomic E-state index is 14.0. The number of aldehydes is 1. The summed E-state index contributed by atoms with van der Waals surface area (Å²) in [6.07, 6.45) is 8.23. The molecule has 1 saturated carbocycles. The number of aliphatic hydroxyl groups is 1. The lowest BCUT2D eigenvalue weighted by Crippen LogP contribution is -2.03. The van der Waals surface area contributed by atoms with Crippen LogP contribution in [0.3, 0.4) is 0 Å². The zero-order valence-electron chi connectivity index (χ0n) is 18.3. The van der Waals surface area contributed by atoms with Gasteiger partial charge in [-0.3, -0.25) is 14.8 Å². The number of carbonyl (C=O) groups is 1. The largest absolute Gasteiger partial charge is 0.388 e. The van der Waals surface area contributed by atoms with Crippen LogP contribution in [0.2, 0.25) is 10.0 Å². The monoisotopic (exact) mass is 512 g/mol. The standard InChI is InChI=1S/C15H13ClFNO.C12H7ClFNO/c16-10-3-4-12(14(17)7-10)11-5-6-18-8-13(11)15(19)9-1-2-9;13-9-1-2-11(12(14)5-9)10-3-4-15-6-8(10)7-16/h3-9,15,19H,1-2H2;1-7H. The summed E-state index contributed by atoms with van der Waals surface area (Å²) in [6, 6.07) is 12.2. The van der Waals surface area contributed by atoms with Crippen LogP contribution in [0.1, 0.15) is 34.9 Å². The molecular formula is C27H20Cl2F2N2O2. The number of hydrogen-bond donors (Lipinski definition) is 1. The van der Waals surface area contributed by atoms with Crippen molar-refractivity contribution in [3.05, 3.63) is 106 Å². The summed E-state index contributed by atoms with van der Waals surface area (Å²) in [7, 11) is 0. The molecule has 0 bridgehead atoms. The molecule has 35 heavy (non-hydrogen) atoms. The van der Waals surface area contributed by atoms with Gasteiger partial charge in [-0.15, -0.1) is 0 Å². The average molecular weight is 513 g/mol. The SMILES string of the molecule is O=Cc1cnccc1-c1ccc(Cl)cc1F.OC(c1cnccc1-c1ccc(Cl)cc1F)C1CC1. The second kappa shape index (κ2) is 11.0. The molecular weight excluding hydrogens is 493 g/mol. The first kappa shape index (κ1) is 24.9. The third kappa shape index (κ3) is 5.90. The van der Waals surface area contributed by atoms with E-state index in [1.165, 1.54) is 24.5 Å². The van der Waals surface area contributed by atoms with Crippen molar-refractivity contribution in [3.8, 4) is 22.3 Å². The summed E-state index contributed by atoms with van der Waals surface area (Å²) < 4.78 is 27.6. The van der Waals surface area contributed by atoms with Gasteiger partial charge in [0.05, 0.1) is 6.10 Å². The average Bonchev–Trinajstić information content (AvgIpc) is 3.70. The third-order valence-corrected chi connectivity index (χ3v) is 6.13. The summed E-state index contributed by atoms with van der Waals surface area (Å²) >= 11 is 11.4. The van der Waals surface area contributed by atoms with Crippen molar-refractivity contribution in [1.29, 1.82) is 0 Å². The molecule has 1 aliphatic rings. The van der Waals surface area contributed by atoms with Crippen LogP contribution in [-0.4, -0.2) is 21.4 Å². The van der Waals surface area contributed by atoms with Crippen molar-refractivity contribution in [2.45, 2.75) is 18.9 Å². The fraction of sp³-hybridized carbons (Fsp3) is 0.148. The molecule has 1 N–H and O–H groups in total. The fourth-order valence-electron chi connectivity index (χ4n) is 3.72. The molecule has 1 unspecified atom stereocenters. The normalized spacial score (nSPS) is 13.5. The van der Waals surface area contributed by atoms with Gasteiger partial charge in [-0.25, -0.2) is 8.78 Å². The maximum atomic E-state index is 14.0. The minimum absolute atomic E-state index is 0.276. The molecule has 5 rings (SSSR count). The third-order valence-electron chi connectivity index (χ3n) is 5.66. The molecule has 1 aliphatic carbocycles. The van der Waals surface area contributed by atoms with E-state index in [4.69, 9.17) is 23.2 Å². The molecule has 2 heterocycles. The molecule has 0 aliphatic heterocycles. The van der Waals surface area contributed by atoms with Gasteiger partial charge in [0.2, 0.25) is 0 Å². The van der Waals surface area contributed by atoms with Gasteiger partial charge in [0.15, 0.2) is 6.29 Å². The number of carbonyl (C=O) groups excluding carboxylic acids is 1. The predicted octanol–water partition coefficient (Wildman–Crippen LogP) is 7.34. The number of rotatable bonds is 5. The van der Waals surface area contributed by atoms with Crippen molar-refractivity contribution in [1.82, 2.24) is 9.97 Å². The van der Waals surface area contributed by atoms with Crippen LogP contribution >= 0.6 is 23.2 Å². The molecule has 0 radical (unpaired) electrons. The van der Waals surface area contributed by atoms with E-state index in [0.29, 0.717) is 49.7 Å². The Morgan fingerprint density at radius 3 is 1.91 bits per heavy atom. The van der Waals surface area contributed by atoms with Gasteiger partial charge in [0, 0.05) is 57.1 Å². The maximum Gasteiger partial charge on any atom is 0.152 e. The van der Waals surface area contributed by atoms with Gasteiger partial charge in [-0.1, -0.05) is 23.2 Å². The molecule has 1 fully saturated rings. The highest BCUT2D eigenvalue weighted by Gasteiger charge is 2.32. The van der Waals surface area contributed by atoms with Gasteiger partial charge in [0.1, 0.15) is 11.6 Å². The van der Waals surface area contributed by atoms with E-state index in [0.717, 1.165) is 12.8 Å². The highest BCUT2D eigenvalue weighted by atomic mass is 35.5. The van der Waals surface area contributed by atoms with E-state index < -0.39 is 11.9 Å². The van der Waals surface area contributed by atoms with E-state index in [9.17, 15) is 18.7 Å². The predicted molar refractivity (Wildman–Crippen MR) is 132 cm³/mol. The lowest BCUT2D eigenvalue weighted by molar-refractivity contribution is 0.112. The van der Waals surface area contributed by atoms with Gasteiger partial charge in [-0.2, -0.15) is 0 Å².